The van der Waals surface area contributed by atoms with Crippen LogP contribution >= 0.6 is 11.3 Å². The summed E-state index contributed by atoms with van der Waals surface area (Å²) in [4.78, 5) is 22.9. The number of rotatable bonds is 4. The number of thiophene rings is 1. The fourth-order valence-electron chi connectivity index (χ4n) is 1.66. The predicted octanol–water partition coefficient (Wildman–Crippen LogP) is 2.74. The van der Waals surface area contributed by atoms with Crippen molar-refractivity contribution in [1.29, 1.82) is 0 Å². The van der Waals surface area contributed by atoms with E-state index in [1.54, 1.807) is 11.3 Å². The van der Waals surface area contributed by atoms with Gasteiger partial charge < -0.3 is 10.2 Å². The normalized spacial score (nSPS) is 10.2. The second-order valence-corrected chi connectivity index (χ2v) is 4.82. The molecule has 2 aromatic rings. The van der Waals surface area contributed by atoms with Crippen molar-refractivity contribution in [2.24, 2.45) is 0 Å². The van der Waals surface area contributed by atoms with Crippen molar-refractivity contribution in [3.05, 3.63) is 57.3 Å². The summed E-state index contributed by atoms with van der Waals surface area (Å²) in [5, 5.41) is 19.8. The highest BCUT2D eigenvalue weighted by Gasteiger charge is 2.11. The molecule has 0 unspecified atom stereocenters. The van der Waals surface area contributed by atoms with Gasteiger partial charge >= 0.3 is 11.9 Å². The Balaban J connectivity index is 2.40. The molecular weight excluding hydrogens is 252 g/mol. The first-order valence-corrected chi connectivity index (χ1v) is 6.07. The van der Waals surface area contributed by atoms with Gasteiger partial charge in [-0.05, 0) is 35.2 Å². The second-order valence-electron chi connectivity index (χ2n) is 3.79. The highest BCUT2D eigenvalue weighted by Crippen LogP contribution is 2.18. The van der Waals surface area contributed by atoms with Gasteiger partial charge in [0.15, 0.2) is 0 Å². The van der Waals surface area contributed by atoms with E-state index in [-0.39, 0.29) is 11.1 Å². The van der Waals surface area contributed by atoms with Crippen LogP contribution in [0.25, 0.3) is 0 Å². The van der Waals surface area contributed by atoms with Gasteiger partial charge in [0.05, 0.1) is 11.1 Å². The molecule has 0 radical (unpaired) electrons. The quantitative estimate of drug-likeness (QED) is 0.888. The molecule has 1 aromatic heterocycles. The lowest BCUT2D eigenvalue weighted by molar-refractivity contribution is 0.0696. The number of carboxylic acids is 2. The maximum absolute atomic E-state index is 10.9. The van der Waals surface area contributed by atoms with E-state index in [1.165, 1.54) is 18.2 Å². The van der Waals surface area contributed by atoms with Gasteiger partial charge in [0.2, 0.25) is 0 Å². The van der Waals surface area contributed by atoms with Gasteiger partial charge in [-0.2, -0.15) is 0 Å². The van der Waals surface area contributed by atoms with Gasteiger partial charge in [-0.15, -0.1) is 11.3 Å². The molecule has 0 aliphatic carbocycles. The highest BCUT2D eigenvalue weighted by atomic mass is 32.1. The van der Waals surface area contributed by atoms with Crippen molar-refractivity contribution in [1.82, 2.24) is 0 Å². The van der Waals surface area contributed by atoms with E-state index in [0.717, 1.165) is 4.88 Å². The zero-order valence-corrected chi connectivity index (χ0v) is 10.1. The Hall–Kier alpha value is -2.14. The summed E-state index contributed by atoms with van der Waals surface area (Å²) >= 11 is 1.55. The zero-order chi connectivity index (χ0) is 13.1. The number of hydrogen-bond donors (Lipinski definition) is 2. The summed E-state index contributed by atoms with van der Waals surface area (Å²) < 4.78 is 0. The van der Waals surface area contributed by atoms with E-state index in [0.29, 0.717) is 12.0 Å². The molecule has 0 fully saturated rings. The van der Waals surface area contributed by atoms with Crippen LogP contribution in [0.4, 0.5) is 0 Å². The minimum Gasteiger partial charge on any atom is -0.478 e. The van der Waals surface area contributed by atoms with Crippen LogP contribution in [-0.4, -0.2) is 22.2 Å². The first kappa shape index (κ1) is 12.3. The van der Waals surface area contributed by atoms with E-state index < -0.39 is 11.9 Å². The molecule has 4 nitrogen and oxygen atoms in total. The molecule has 92 valence electrons. The van der Waals surface area contributed by atoms with Crippen molar-refractivity contribution in [2.45, 2.75) is 6.42 Å². The van der Waals surface area contributed by atoms with Crippen LogP contribution in [0.1, 0.15) is 31.2 Å². The van der Waals surface area contributed by atoms with E-state index in [2.05, 4.69) is 0 Å². The Morgan fingerprint density at radius 1 is 1.06 bits per heavy atom. The van der Waals surface area contributed by atoms with Gasteiger partial charge in [-0.1, -0.05) is 6.07 Å². The van der Waals surface area contributed by atoms with Gasteiger partial charge in [-0.25, -0.2) is 9.59 Å². The molecule has 0 saturated carbocycles. The minimum atomic E-state index is -1.12. The summed E-state index contributed by atoms with van der Waals surface area (Å²) in [7, 11) is 0. The largest absolute Gasteiger partial charge is 0.478 e. The van der Waals surface area contributed by atoms with Crippen LogP contribution in [0.5, 0.6) is 0 Å². The van der Waals surface area contributed by atoms with Crippen molar-refractivity contribution in [2.75, 3.05) is 0 Å². The molecule has 0 atom stereocenters. The Bertz CT molecular complexity index is 555. The number of aromatic carboxylic acids is 2. The number of carbonyl (C=O) groups is 2. The minimum absolute atomic E-state index is 0.00135. The first-order chi connectivity index (χ1) is 8.56. The summed E-state index contributed by atoms with van der Waals surface area (Å²) in [6.45, 7) is 0. The molecule has 0 bridgehead atoms. The van der Waals surface area contributed by atoms with E-state index in [1.807, 2.05) is 17.5 Å². The average molecular weight is 262 g/mol. The molecule has 18 heavy (non-hydrogen) atoms. The fourth-order valence-corrected chi connectivity index (χ4v) is 2.39. The zero-order valence-electron chi connectivity index (χ0n) is 9.29. The molecule has 1 heterocycles. The van der Waals surface area contributed by atoms with Crippen molar-refractivity contribution >= 4 is 23.3 Å². The molecule has 0 saturated heterocycles. The van der Waals surface area contributed by atoms with Crippen LogP contribution in [-0.2, 0) is 6.42 Å². The highest BCUT2D eigenvalue weighted by molar-refractivity contribution is 7.09. The summed E-state index contributed by atoms with van der Waals surface area (Å²) in [5.41, 5.74) is 0.692. The average Bonchev–Trinajstić information content (AvgIpc) is 2.81. The second kappa shape index (κ2) is 5.01. The van der Waals surface area contributed by atoms with E-state index in [9.17, 15) is 9.59 Å². The Labute approximate surface area is 107 Å². The third-order valence-electron chi connectivity index (χ3n) is 2.45. The maximum atomic E-state index is 10.9. The molecule has 0 aliphatic heterocycles. The lowest BCUT2D eigenvalue weighted by atomic mass is 10.0. The Morgan fingerprint density at radius 3 is 2.11 bits per heavy atom. The molecule has 1 aromatic carbocycles. The van der Waals surface area contributed by atoms with Crippen molar-refractivity contribution in [3.8, 4) is 0 Å². The molecule has 2 rings (SSSR count). The fraction of sp³-hybridized carbons (Fsp3) is 0.0769. The van der Waals surface area contributed by atoms with E-state index >= 15 is 0 Å². The topological polar surface area (TPSA) is 74.6 Å². The van der Waals surface area contributed by atoms with Crippen molar-refractivity contribution < 1.29 is 19.8 Å². The lowest BCUT2D eigenvalue weighted by Gasteiger charge is -2.04. The molecule has 5 heteroatoms. The third-order valence-corrected chi connectivity index (χ3v) is 3.32. The van der Waals surface area contributed by atoms with Crippen LogP contribution in [0, 0.1) is 0 Å². The Kier molecular flexibility index (Phi) is 3.43. The van der Waals surface area contributed by atoms with Crippen LogP contribution in [0.2, 0.25) is 0 Å². The smallest absolute Gasteiger partial charge is 0.335 e. The van der Waals surface area contributed by atoms with Gasteiger partial charge in [0.25, 0.3) is 0 Å². The van der Waals surface area contributed by atoms with Crippen LogP contribution in [0.15, 0.2) is 35.7 Å². The van der Waals surface area contributed by atoms with Gasteiger partial charge in [0.1, 0.15) is 0 Å². The molecule has 0 amide bonds. The van der Waals surface area contributed by atoms with Gasteiger partial charge in [0, 0.05) is 11.3 Å². The Morgan fingerprint density at radius 2 is 1.67 bits per heavy atom. The van der Waals surface area contributed by atoms with Crippen LogP contribution in [0.3, 0.4) is 0 Å². The summed E-state index contributed by atoms with van der Waals surface area (Å²) in [5.74, 6) is -2.24. The monoisotopic (exact) mass is 262 g/mol. The molecule has 0 spiro atoms. The number of carboxylic acid groups (broad SMARTS) is 2. The summed E-state index contributed by atoms with van der Waals surface area (Å²) in [6.07, 6.45) is 0.541. The molecule has 2 N–H and O–H groups in total. The SMILES string of the molecule is O=C(O)c1cc(Cc2cccs2)cc(C(=O)O)c1. The molecular formula is C13H10O4S. The van der Waals surface area contributed by atoms with Crippen molar-refractivity contribution in [3.63, 3.8) is 0 Å². The predicted molar refractivity (Wildman–Crippen MR) is 67.5 cm³/mol. The molecule has 0 aliphatic rings. The standard InChI is InChI=1S/C13H10O4S/c14-12(15)9-4-8(5-10(7-9)13(16)17)6-11-2-1-3-18-11/h1-5,7H,6H2,(H,14,15)(H,16,17). The third kappa shape index (κ3) is 2.75. The van der Waals surface area contributed by atoms with Gasteiger partial charge in [-0.3, -0.25) is 0 Å². The first-order valence-electron chi connectivity index (χ1n) is 5.19. The lowest BCUT2D eigenvalue weighted by Crippen LogP contribution is -2.04. The number of benzene rings is 1. The number of hydrogen-bond acceptors (Lipinski definition) is 3. The van der Waals surface area contributed by atoms with E-state index in [4.69, 9.17) is 10.2 Å². The maximum Gasteiger partial charge on any atom is 0.335 e. The van der Waals surface area contributed by atoms with Crippen LogP contribution < -0.4 is 0 Å². The summed E-state index contributed by atoms with van der Waals surface area (Å²) in [6, 6.07) is 8.02.